The van der Waals surface area contributed by atoms with Crippen LogP contribution in [0, 0.1) is 0 Å². The van der Waals surface area contributed by atoms with Crippen LogP contribution in [0.3, 0.4) is 0 Å². The Labute approximate surface area is 93.5 Å². The Balaban J connectivity index is 2.12. The minimum atomic E-state index is -1.45. The third-order valence-corrected chi connectivity index (χ3v) is 1.91. The minimum Gasteiger partial charge on any atom is -0.464 e. The van der Waals surface area contributed by atoms with Crippen molar-refractivity contribution in [3.8, 4) is 0 Å². The van der Waals surface area contributed by atoms with Gasteiger partial charge in [0.25, 0.3) is 0 Å². The summed E-state index contributed by atoms with van der Waals surface area (Å²) in [7, 11) is 0. The summed E-state index contributed by atoms with van der Waals surface area (Å²) in [6.07, 6.45) is -1.18. The second-order valence-corrected chi connectivity index (χ2v) is 3.53. The van der Waals surface area contributed by atoms with E-state index in [1.165, 1.54) is 0 Å². The number of hydrogen-bond acceptors (Lipinski definition) is 6. The summed E-state index contributed by atoms with van der Waals surface area (Å²) < 4.78 is 14.3. The van der Waals surface area contributed by atoms with Crippen LogP contribution in [0.1, 0.15) is 19.8 Å². The first-order valence-corrected chi connectivity index (χ1v) is 5.25. The molecule has 0 aromatic carbocycles. The second-order valence-electron chi connectivity index (χ2n) is 3.53. The molecule has 0 bridgehead atoms. The molecule has 0 aliphatic carbocycles. The third kappa shape index (κ3) is 5.09. The summed E-state index contributed by atoms with van der Waals surface area (Å²) in [5.41, 5.74) is 0. The van der Waals surface area contributed by atoms with Gasteiger partial charge in [-0.15, -0.1) is 0 Å². The molecule has 1 rings (SSSR count). The lowest BCUT2D eigenvalue weighted by Crippen LogP contribution is -2.27. The van der Waals surface area contributed by atoms with Crippen molar-refractivity contribution >= 4 is 11.9 Å². The number of ether oxygens (including phenoxy) is 3. The molecule has 1 fully saturated rings. The highest BCUT2D eigenvalue weighted by Crippen LogP contribution is 2.09. The predicted molar refractivity (Wildman–Crippen MR) is 52.6 cm³/mol. The largest absolute Gasteiger partial charge is 0.464 e. The molecule has 0 aromatic rings. The first-order chi connectivity index (χ1) is 7.63. The van der Waals surface area contributed by atoms with Crippen LogP contribution in [0.4, 0.5) is 0 Å². The molecule has 6 heteroatoms. The van der Waals surface area contributed by atoms with Crippen LogP contribution >= 0.6 is 0 Å². The zero-order valence-corrected chi connectivity index (χ0v) is 9.18. The van der Waals surface area contributed by atoms with Crippen molar-refractivity contribution in [2.75, 3.05) is 19.8 Å². The van der Waals surface area contributed by atoms with Crippen molar-refractivity contribution in [1.82, 2.24) is 0 Å². The number of esters is 2. The standard InChI is InChI=1S/C10H16O6/c1-2-3-14-10(13)8(11)4-9(12)16-6-7-5-15-7/h7-8,11H,2-6H2,1H3. The van der Waals surface area contributed by atoms with Gasteiger partial charge >= 0.3 is 11.9 Å². The Kier molecular flexibility index (Phi) is 5.21. The Bertz CT molecular complexity index is 248. The first-order valence-electron chi connectivity index (χ1n) is 5.25. The van der Waals surface area contributed by atoms with Crippen molar-refractivity contribution in [3.05, 3.63) is 0 Å². The van der Waals surface area contributed by atoms with E-state index >= 15 is 0 Å². The second kappa shape index (κ2) is 6.44. The molecular weight excluding hydrogens is 216 g/mol. The Morgan fingerprint density at radius 2 is 2.19 bits per heavy atom. The zero-order chi connectivity index (χ0) is 12.0. The molecule has 0 amide bonds. The lowest BCUT2D eigenvalue weighted by atomic mass is 10.2. The maximum atomic E-state index is 11.1. The van der Waals surface area contributed by atoms with Crippen LogP contribution in [0.25, 0.3) is 0 Å². The highest BCUT2D eigenvalue weighted by Gasteiger charge is 2.26. The average Bonchev–Trinajstić information content (AvgIpc) is 3.06. The van der Waals surface area contributed by atoms with Crippen molar-refractivity contribution in [1.29, 1.82) is 0 Å². The van der Waals surface area contributed by atoms with E-state index in [1.807, 2.05) is 6.92 Å². The number of aliphatic hydroxyl groups is 1. The van der Waals surface area contributed by atoms with E-state index in [2.05, 4.69) is 4.74 Å². The molecular formula is C10H16O6. The number of epoxide rings is 1. The first kappa shape index (κ1) is 12.9. The lowest BCUT2D eigenvalue weighted by molar-refractivity contribution is -0.160. The maximum Gasteiger partial charge on any atom is 0.335 e. The molecule has 0 radical (unpaired) electrons. The van der Waals surface area contributed by atoms with Crippen molar-refractivity contribution in [2.24, 2.45) is 0 Å². The minimum absolute atomic E-state index is 0.0202. The van der Waals surface area contributed by atoms with E-state index in [9.17, 15) is 14.7 Å². The third-order valence-electron chi connectivity index (χ3n) is 1.91. The average molecular weight is 232 g/mol. The van der Waals surface area contributed by atoms with Gasteiger partial charge in [0.05, 0.1) is 19.6 Å². The molecule has 1 N–H and O–H groups in total. The van der Waals surface area contributed by atoms with Gasteiger partial charge in [-0.2, -0.15) is 0 Å². The van der Waals surface area contributed by atoms with E-state index in [0.717, 1.165) is 0 Å². The summed E-state index contributed by atoms with van der Waals surface area (Å²) in [4.78, 5) is 22.2. The van der Waals surface area contributed by atoms with Gasteiger partial charge < -0.3 is 19.3 Å². The number of hydrogen-bond donors (Lipinski definition) is 1. The van der Waals surface area contributed by atoms with Gasteiger partial charge in [-0.25, -0.2) is 4.79 Å². The number of carbonyl (C=O) groups is 2. The molecule has 0 aromatic heterocycles. The van der Waals surface area contributed by atoms with Gasteiger partial charge in [-0.3, -0.25) is 4.79 Å². The van der Waals surface area contributed by atoms with Crippen LogP contribution in [0.2, 0.25) is 0 Å². The molecule has 1 saturated heterocycles. The zero-order valence-electron chi connectivity index (χ0n) is 9.18. The van der Waals surface area contributed by atoms with Crippen LogP contribution in [-0.4, -0.2) is 49.1 Å². The Hall–Kier alpha value is -1.14. The lowest BCUT2D eigenvalue weighted by Gasteiger charge is -2.09. The SMILES string of the molecule is CCCOC(=O)C(O)CC(=O)OCC1CO1. The topological polar surface area (TPSA) is 85.4 Å². The van der Waals surface area contributed by atoms with Gasteiger partial charge in [-0.1, -0.05) is 6.92 Å². The monoisotopic (exact) mass is 232 g/mol. The Morgan fingerprint density at radius 1 is 1.50 bits per heavy atom. The van der Waals surface area contributed by atoms with Gasteiger partial charge in [-0.05, 0) is 6.42 Å². The van der Waals surface area contributed by atoms with E-state index in [4.69, 9.17) is 9.47 Å². The molecule has 1 aliphatic heterocycles. The number of aliphatic hydroxyl groups excluding tert-OH is 1. The smallest absolute Gasteiger partial charge is 0.335 e. The molecule has 1 aliphatic rings. The molecule has 2 atom stereocenters. The fourth-order valence-electron chi connectivity index (χ4n) is 0.949. The van der Waals surface area contributed by atoms with E-state index in [0.29, 0.717) is 13.0 Å². The predicted octanol–water partition coefficient (Wildman–Crippen LogP) is -0.367. The molecule has 2 unspecified atom stereocenters. The summed E-state index contributed by atoms with van der Waals surface area (Å²) >= 11 is 0. The van der Waals surface area contributed by atoms with Crippen LogP contribution < -0.4 is 0 Å². The van der Waals surface area contributed by atoms with Crippen LogP contribution in [0.15, 0.2) is 0 Å². The molecule has 16 heavy (non-hydrogen) atoms. The van der Waals surface area contributed by atoms with E-state index in [1.54, 1.807) is 0 Å². The summed E-state index contributed by atoms with van der Waals surface area (Å²) in [6, 6.07) is 0. The summed E-state index contributed by atoms with van der Waals surface area (Å²) in [5, 5.41) is 9.29. The van der Waals surface area contributed by atoms with Gasteiger partial charge in [0, 0.05) is 0 Å². The molecule has 0 saturated carbocycles. The van der Waals surface area contributed by atoms with Crippen molar-refractivity contribution in [2.45, 2.75) is 32.0 Å². The molecule has 92 valence electrons. The fourth-order valence-corrected chi connectivity index (χ4v) is 0.949. The molecule has 6 nitrogen and oxygen atoms in total. The normalized spacial score (nSPS) is 20.0. The van der Waals surface area contributed by atoms with E-state index < -0.39 is 18.0 Å². The van der Waals surface area contributed by atoms with E-state index in [-0.39, 0.29) is 25.7 Å². The summed E-state index contributed by atoms with van der Waals surface area (Å²) in [5.74, 6) is -1.42. The van der Waals surface area contributed by atoms with Crippen molar-refractivity contribution in [3.63, 3.8) is 0 Å². The highest BCUT2D eigenvalue weighted by atomic mass is 16.6. The van der Waals surface area contributed by atoms with Gasteiger partial charge in [0.2, 0.25) is 0 Å². The van der Waals surface area contributed by atoms with Crippen LogP contribution in [0.5, 0.6) is 0 Å². The van der Waals surface area contributed by atoms with Gasteiger partial charge in [0.15, 0.2) is 6.10 Å². The van der Waals surface area contributed by atoms with Crippen molar-refractivity contribution < 1.29 is 28.9 Å². The quantitative estimate of drug-likeness (QED) is 0.476. The van der Waals surface area contributed by atoms with Crippen LogP contribution in [-0.2, 0) is 23.8 Å². The fraction of sp³-hybridized carbons (Fsp3) is 0.800. The summed E-state index contributed by atoms with van der Waals surface area (Å²) in [6.45, 7) is 2.84. The number of rotatable bonds is 7. The Morgan fingerprint density at radius 3 is 2.75 bits per heavy atom. The van der Waals surface area contributed by atoms with Gasteiger partial charge in [0.1, 0.15) is 12.7 Å². The highest BCUT2D eigenvalue weighted by molar-refractivity contribution is 5.81. The maximum absolute atomic E-state index is 11.1. The molecule has 1 heterocycles. The molecule has 0 spiro atoms. The number of carbonyl (C=O) groups excluding carboxylic acids is 2.